The monoisotopic (exact) mass is 470 g/mol. The minimum absolute atomic E-state index is 0.0783. The smallest absolute Gasteiger partial charge is 0.345 e. The first-order valence-electron chi connectivity index (χ1n) is 9.39. The Morgan fingerprint density at radius 1 is 0.879 bits per heavy atom. The standard InChI is InChI=1S/C22H18N2O8S/c1-4-18(25)30-13(2)29-17-11-7-15(8-12-17)20(27)32-22-24-23-21(33-22)31-19(26)14-5-9-16(28-3)10-6-14/h4-13H,1H2,2-3H3. The molecule has 0 saturated heterocycles. The van der Waals surface area contributed by atoms with Crippen LogP contribution in [0.1, 0.15) is 27.6 Å². The van der Waals surface area contributed by atoms with Gasteiger partial charge in [0.25, 0.3) is 0 Å². The molecule has 1 atom stereocenters. The Morgan fingerprint density at radius 3 is 1.82 bits per heavy atom. The van der Waals surface area contributed by atoms with E-state index >= 15 is 0 Å². The molecule has 1 heterocycles. The molecule has 0 aliphatic rings. The van der Waals surface area contributed by atoms with Crippen LogP contribution in [0.15, 0.2) is 61.2 Å². The molecule has 2 aromatic carbocycles. The zero-order valence-electron chi connectivity index (χ0n) is 17.5. The minimum Gasteiger partial charge on any atom is -0.497 e. The number of hydrogen-bond acceptors (Lipinski definition) is 11. The summed E-state index contributed by atoms with van der Waals surface area (Å²) < 4.78 is 25.7. The second-order valence-corrected chi connectivity index (χ2v) is 7.09. The maximum absolute atomic E-state index is 12.3. The van der Waals surface area contributed by atoms with Gasteiger partial charge in [-0.2, -0.15) is 0 Å². The van der Waals surface area contributed by atoms with Crippen LogP contribution in [0, 0.1) is 0 Å². The summed E-state index contributed by atoms with van der Waals surface area (Å²) in [5.41, 5.74) is 0.505. The number of carbonyl (C=O) groups is 3. The highest BCUT2D eigenvalue weighted by Gasteiger charge is 2.17. The molecule has 3 rings (SSSR count). The molecule has 0 aliphatic heterocycles. The molecule has 0 spiro atoms. The van der Waals surface area contributed by atoms with Crippen molar-refractivity contribution in [1.29, 1.82) is 0 Å². The summed E-state index contributed by atoms with van der Waals surface area (Å²) in [5.74, 6) is -0.984. The first-order chi connectivity index (χ1) is 15.9. The van der Waals surface area contributed by atoms with Gasteiger partial charge in [0.05, 0.1) is 18.2 Å². The summed E-state index contributed by atoms with van der Waals surface area (Å²) >= 11 is 0.792. The van der Waals surface area contributed by atoms with Crippen LogP contribution in [0.3, 0.4) is 0 Å². The van der Waals surface area contributed by atoms with Crippen LogP contribution < -0.4 is 18.9 Å². The van der Waals surface area contributed by atoms with Crippen LogP contribution in [-0.4, -0.2) is 41.5 Å². The molecular weight excluding hydrogens is 452 g/mol. The van der Waals surface area contributed by atoms with Crippen molar-refractivity contribution in [3.63, 3.8) is 0 Å². The zero-order chi connectivity index (χ0) is 23.8. The Labute approximate surface area is 192 Å². The Kier molecular flexibility index (Phi) is 7.71. The Bertz CT molecular complexity index is 1140. The van der Waals surface area contributed by atoms with Crippen LogP contribution >= 0.6 is 11.3 Å². The summed E-state index contributed by atoms with van der Waals surface area (Å²) in [6.07, 6.45) is 0.187. The summed E-state index contributed by atoms with van der Waals surface area (Å²) in [7, 11) is 1.52. The molecule has 0 amide bonds. The van der Waals surface area contributed by atoms with E-state index in [-0.39, 0.29) is 16.0 Å². The van der Waals surface area contributed by atoms with E-state index in [0.29, 0.717) is 17.1 Å². The Hall–Kier alpha value is -4.25. The molecule has 1 aromatic heterocycles. The van der Waals surface area contributed by atoms with Crippen LogP contribution in [0.25, 0.3) is 0 Å². The molecular formula is C22H18N2O8S. The maximum Gasteiger partial charge on any atom is 0.345 e. The number of rotatable bonds is 9. The van der Waals surface area contributed by atoms with Crippen molar-refractivity contribution in [1.82, 2.24) is 10.2 Å². The van der Waals surface area contributed by atoms with Gasteiger partial charge in [-0.25, -0.2) is 14.4 Å². The SMILES string of the molecule is C=CC(=O)OC(C)Oc1ccc(C(=O)Oc2nnc(OC(=O)c3ccc(OC)cc3)s2)cc1. The van der Waals surface area contributed by atoms with Gasteiger partial charge < -0.3 is 23.7 Å². The molecule has 170 valence electrons. The molecule has 1 unspecified atom stereocenters. The van der Waals surface area contributed by atoms with Gasteiger partial charge in [-0.05, 0) is 59.9 Å². The third-order valence-electron chi connectivity index (χ3n) is 3.91. The average molecular weight is 470 g/mol. The van der Waals surface area contributed by atoms with Crippen molar-refractivity contribution in [2.24, 2.45) is 0 Å². The number of ether oxygens (including phenoxy) is 5. The van der Waals surface area contributed by atoms with Crippen molar-refractivity contribution in [2.45, 2.75) is 13.2 Å². The van der Waals surface area contributed by atoms with Gasteiger partial charge in [-0.1, -0.05) is 16.8 Å². The third kappa shape index (κ3) is 6.61. The molecule has 10 nitrogen and oxygen atoms in total. The fourth-order valence-corrected chi connectivity index (χ4v) is 2.93. The van der Waals surface area contributed by atoms with Crippen molar-refractivity contribution in [3.05, 3.63) is 72.3 Å². The van der Waals surface area contributed by atoms with E-state index in [9.17, 15) is 14.4 Å². The van der Waals surface area contributed by atoms with Gasteiger partial charge in [0.2, 0.25) is 6.29 Å². The van der Waals surface area contributed by atoms with Crippen LogP contribution in [0.5, 0.6) is 21.9 Å². The lowest BCUT2D eigenvalue weighted by Crippen LogP contribution is -2.19. The van der Waals surface area contributed by atoms with Crippen molar-refractivity contribution in [3.8, 4) is 21.9 Å². The predicted molar refractivity (Wildman–Crippen MR) is 116 cm³/mol. The van der Waals surface area contributed by atoms with Crippen LogP contribution in [-0.2, 0) is 9.53 Å². The highest BCUT2D eigenvalue weighted by atomic mass is 32.1. The quantitative estimate of drug-likeness (QED) is 0.261. The van der Waals surface area contributed by atoms with Gasteiger partial charge in [-0.3, -0.25) is 0 Å². The van der Waals surface area contributed by atoms with Crippen molar-refractivity contribution in [2.75, 3.05) is 7.11 Å². The molecule has 0 bridgehead atoms. The lowest BCUT2D eigenvalue weighted by molar-refractivity contribution is -0.154. The summed E-state index contributed by atoms with van der Waals surface area (Å²) in [4.78, 5) is 35.7. The molecule has 0 fully saturated rings. The highest BCUT2D eigenvalue weighted by Crippen LogP contribution is 2.26. The maximum atomic E-state index is 12.3. The van der Waals surface area contributed by atoms with E-state index in [1.54, 1.807) is 24.3 Å². The van der Waals surface area contributed by atoms with Crippen LogP contribution in [0.2, 0.25) is 0 Å². The topological polar surface area (TPSA) is 123 Å². The second kappa shape index (κ2) is 10.9. The van der Waals surface area contributed by atoms with Gasteiger partial charge in [0, 0.05) is 13.0 Å². The van der Waals surface area contributed by atoms with Gasteiger partial charge in [0.1, 0.15) is 11.5 Å². The zero-order valence-corrected chi connectivity index (χ0v) is 18.4. The number of aromatic nitrogens is 2. The molecule has 0 aliphatic carbocycles. The second-order valence-electron chi connectivity index (χ2n) is 6.19. The Morgan fingerprint density at radius 2 is 1.36 bits per heavy atom. The average Bonchev–Trinajstić information content (AvgIpc) is 3.25. The predicted octanol–water partition coefficient (Wildman–Crippen LogP) is 3.44. The lowest BCUT2D eigenvalue weighted by atomic mass is 10.2. The van der Waals surface area contributed by atoms with E-state index in [1.807, 2.05) is 0 Å². The Balaban J connectivity index is 1.54. The fraction of sp³-hybridized carbons (Fsp3) is 0.136. The number of hydrogen-bond donors (Lipinski definition) is 0. The third-order valence-corrected chi connectivity index (χ3v) is 4.59. The molecule has 0 N–H and O–H groups in total. The van der Waals surface area contributed by atoms with E-state index < -0.39 is 24.2 Å². The largest absolute Gasteiger partial charge is 0.497 e. The number of benzene rings is 2. The molecule has 0 saturated carbocycles. The van der Waals surface area contributed by atoms with Crippen LogP contribution in [0.4, 0.5) is 0 Å². The molecule has 0 radical (unpaired) electrons. The summed E-state index contributed by atoms with van der Waals surface area (Å²) in [6, 6.07) is 12.3. The number of nitrogens with zero attached hydrogens (tertiary/aromatic N) is 2. The van der Waals surface area contributed by atoms with E-state index in [4.69, 9.17) is 23.7 Å². The number of methoxy groups -OCH3 is 1. The highest BCUT2D eigenvalue weighted by molar-refractivity contribution is 7.14. The molecule has 3 aromatic rings. The fourth-order valence-electron chi connectivity index (χ4n) is 2.38. The van der Waals surface area contributed by atoms with Crippen molar-refractivity contribution < 1.29 is 38.1 Å². The van der Waals surface area contributed by atoms with E-state index in [1.165, 1.54) is 38.3 Å². The minimum atomic E-state index is -0.839. The van der Waals surface area contributed by atoms with Gasteiger partial charge in [-0.15, -0.1) is 0 Å². The summed E-state index contributed by atoms with van der Waals surface area (Å²) in [6.45, 7) is 4.84. The van der Waals surface area contributed by atoms with E-state index in [2.05, 4.69) is 16.8 Å². The first-order valence-corrected chi connectivity index (χ1v) is 10.2. The molecule has 33 heavy (non-hydrogen) atoms. The first kappa shape index (κ1) is 23.4. The van der Waals surface area contributed by atoms with Gasteiger partial charge in [0.15, 0.2) is 0 Å². The number of carbonyl (C=O) groups excluding carboxylic acids is 3. The van der Waals surface area contributed by atoms with Gasteiger partial charge >= 0.3 is 28.3 Å². The lowest BCUT2D eigenvalue weighted by Gasteiger charge is -2.14. The summed E-state index contributed by atoms with van der Waals surface area (Å²) in [5, 5.41) is 7.22. The normalized spacial score (nSPS) is 11.1. The van der Waals surface area contributed by atoms with E-state index in [0.717, 1.165) is 17.4 Å². The van der Waals surface area contributed by atoms with Crippen molar-refractivity contribution >= 4 is 29.2 Å². The number of esters is 3. The molecule has 11 heteroatoms.